The predicted molar refractivity (Wildman–Crippen MR) is 103 cm³/mol. The number of carbonyl (C=O) groups is 2. The van der Waals surface area contributed by atoms with Crippen LogP contribution in [0.5, 0.6) is 0 Å². The highest BCUT2D eigenvalue weighted by molar-refractivity contribution is 6.31. The number of benzene rings is 2. The zero-order valence-corrected chi connectivity index (χ0v) is 15.2. The molecule has 0 spiro atoms. The second-order valence-corrected chi connectivity index (χ2v) is 6.84. The summed E-state index contributed by atoms with van der Waals surface area (Å²) in [7, 11) is 0. The smallest absolute Gasteiger partial charge is 0.308 e. The molecule has 6 heteroatoms. The van der Waals surface area contributed by atoms with Crippen LogP contribution in [0.4, 0.5) is 10.5 Å². The van der Waals surface area contributed by atoms with E-state index in [9.17, 15) is 9.59 Å². The minimum absolute atomic E-state index is 0.206. The van der Waals surface area contributed by atoms with Gasteiger partial charge in [0.2, 0.25) is 5.91 Å². The van der Waals surface area contributed by atoms with Crippen molar-refractivity contribution in [3.05, 3.63) is 65.2 Å². The first-order valence-corrected chi connectivity index (χ1v) is 9.13. The van der Waals surface area contributed by atoms with Crippen LogP contribution in [0.25, 0.3) is 0 Å². The van der Waals surface area contributed by atoms with E-state index in [0.29, 0.717) is 5.69 Å². The molecular formula is C20H22ClN3O2. The summed E-state index contributed by atoms with van der Waals surface area (Å²) >= 11 is 6.25. The third-order valence-corrected chi connectivity index (χ3v) is 4.91. The Morgan fingerprint density at radius 1 is 1.08 bits per heavy atom. The summed E-state index contributed by atoms with van der Waals surface area (Å²) in [6, 6.07) is 16.6. The van der Waals surface area contributed by atoms with Gasteiger partial charge < -0.3 is 5.32 Å². The van der Waals surface area contributed by atoms with Gasteiger partial charge in [0.05, 0.1) is 6.54 Å². The van der Waals surface area contributed by atoms with Crippen molar-refractivity contribution in [3.8, 4) is 0 Å². The van der Waals surface area contributed by atoms with Crippen molar-refractivity contribution < 1.29 is 9.59 Å². The summed E-state index contributed by atoms with van der Waals surface area (Å²) in [5, 5.41) is 5.80. The Hall–Kier alpha value is -2.37. The molecule has 5 nitrogen and oxygen atoms in total. The van der Waals surface area contributed by atoms with E-state index in [1.807, 2.05) is 42.5 Å². The van der Waals surface area contributed by atoms with Crippen LogP contribution in [0.15, 0.2) is 54.6 Å². The molecule has 3 rings (SSSR count). The highest BCUT2D eigenvalue weighted by Gasteiger charge is 2.27. The molecule has 136 valence electrons. The number of anilines is 1. The van der Waals surface area contributed by atoms with Gasteiger partial charge in [-0.2, -0.15) is 0 Å². The fraction of sp³-hybridized carbons (Fsp3) is 0.300. The minimum atomic E-state index is -0.511. The molecule has 0 aromatic heterocycles. The molecule has 0 radical (unpaired) electrons. The molecular weight excluding hydrogens is 350 g/mol. The molecule has 3 amide bonds. The van der Waals surface area contributed by atoms with E-state index < -0.39 is 6.03 Å². The van der Waals surface area contributed by atoms with Crippen molar-refractivity contribution >= 4 is 29.2 Å². The predicted octanol–water partition coefficient (Wildman–Crippen LogP) is 3.70. The van der Waals surface area contributed by atoms with Crippen LogP contribution >= 0.6 is 11.6 Å². The monoisotopic (exact) mass is 371 g/mol. The maximum Gasteiger partial charge on any atom is 0.325 e. The average Bonchev–Trinajstić information content (AvgIpc) is 3.04. The van der Waals surface area contributed by atoms with Gasteiger partial charge in [-0.25, -0.2) is 4.79 Å². The van der Waals surface area contributed by atoms with Gasteiger partial charge in [-0.1, -0.05) is 48.0 Å². The Labute approximate surface area is 158 Å². The van der Waals surface area contributed by atoms with Crippen LogP contribution in [-0.2, 0) is 11.2 Å². The van der Waals surface area contributed by atoms with Crippen molar-refractivity contribution in [1.29, 1.82) is 0 Å². The van der Waals surface area contributed by atoms with Crippen molar-refractivity contribution in [1.82, 2.24) is 10.2 Å². The van der Waals surface area contributed by atoms with E-state index in [0.717, 1.165) is 36.4 Å². The average molecular weight is 372 g/mol. The van der Waals surface area contributed by atoms with Crippen LogP contribution in [0.2, 0.25) is 5.02 Å². The SMILES string of the molecule is O=C(CN1CCCC1Cc1ccccc1Cl)NC(=O)Nc1ccccc1. The number of nitrogens with one attached hydrogen (secondary N) is 2. The van der Waals surface area contributed by atoms with Gasteiger partial charge in [-0.15, -0.1) is 0 Å². The number of imide groups is 1. The molecule has 26 heavy (non-hydrogen) atoms. The van der Waals surface area contributed by atoms with Gasteiger partial charge >= 0.3 is 6.03 Å². The second kappa shape index (κ2) is 8.83. The van der Waals surface area contributed by atoms with Gasteiger partial charge in [0, 0.05) is 16.8 Å². The molecule has 0 saturated carbocycles. The van der Waals surface area contributed by atoms with Crippen LogP contribution < -0.4 is 10.6 Å². The van der Waals surface area contributed by atoms with E-state index in [2.05, 4.69) is 15.5 Å². The Balaban J connectivity index is 1.51. The molecule has 1 fully saturated rings. The van der Waals surface area contributed by atoms with E-state index >= 15 is 0 Å². The van der Waals surface area contributed by atoms with E-state index in [1.165, 1.54) is 0 Å². The molecule has 0 aliphatic carbocycles. The highest BCUT2D eigenvalue weighted by atomic mass is 35.5. The van der Waals surface area contributed by atoms with E-state index in [1.54, 1.807) is 12.1 Å². The summed E-state index contributed by atoms with van der Waals surface area (Å²) in [6.07, 6.45) is 2.87. The molecule has 2 N–H and O–H groups in total. The lowest BCUT2D eigenvalue weighted by Gasteiger charge is -2.24. The molecule has 1 aliphatic rings. The van der Waals surface area contributed by atoms with Gasteiger partial charge in [0.15, 0.2) is 0 Å². The standard InChI is InChI=1S/C20H22ClN3O2/c21-18-11-5-4-7-15(18)13-17-10-6-12-24(17)14-19(25)23-20(26)22-16-8-2-1-3-9-16/h1-5,7-9,11,17H,6,10,12-14H2,(H2,22,23,25,26). The number of likely N-dealkylation sites (tertiary alicyclic amines) is 1. The molecule has 2 aromatic rings. The van der Waals surface area contributed by atoms with Crippen molar-refractivity contribution in [2.75, 3.05) is 18.4 Å². The van der Waals surface area contributed by atoms with Crippen LogP contribution in [0.3, 0.4) is 0 Å². The van der Waals surface area contributed by atoms with Gasteiger partial charge in [0.25, 0.3) is 0 Å². The number of para-hydroxylation sites is 1. The maximum atomic E-state index is 12.2. The molecule has 1 atom stereocenters. The number of urea groups is 1. The summed E-state index contributed by atoms with van der Waals surface area (Å²) in [5.74, 6) is -0.301. The number of hydrogen-bond donors (Lipinski definition) is 2. The number of rotatable bonds is 5. The van der Waals surface area contributed by atoms with Gasteiger partial charge in [-0.05, 0) is 49.6 Å². The molecule has 2 aromatic carbocycles. The van der Waals surface area contributed by atoms with Crippen molar-refractivity contribution in [2.24, 2.45) is 0 Å². The first-order valence-electron chi connectivity index (χ1n) is 8.75. The third kappa shape index (κ3) is 5.07. The summed E-state index contributed by atoms with van der Waals surface area (Å²) < 4.78 is 0. The first kappa shape index (κ1) is 18.4. The molecule has 1 unspecified atom stereocenters. The first-order chi connectivity index (χ1) is 12.6. The van der Waals surface area contributed by atoms with Gasteiger partial charge in [0.1, 0.15) is 0 Å². The zero-order chi connectivity index (χ0) is 18.4. The van der Waals surface area contributed by atoms with Crippen molar-refractivity contribution in [3.63, 3.8) is 0 Å². The molecule has 1 saturated heterocycles. The quantitative estimate of drug-likeness (QED) is 0.842. The van der Waals surface area contributed by atoms with Crippen molar-refractivity contribution in [2.45, 2.75) is 25.3 Å². The normalized spacial score (nSPS) is 17.0. The lowest BCUT2D eigenvalue weighted by Crippen LogP contribution is -2.43. The molecule has 1 aliphatic heterocycles. The second-order valence-electron chi connectivity index (χ2n) is 6.43. The minimum Gasteiger partial charge on any atom is -0.308 e. The largest absolute Gasteiger partial charge is 0.325 e. The van der Waals surface area contributed by atoms with E-state index in [-0.39, 0.29) is 18.5 Å². The molecule has 1 heterocycles. The Kier molecular flexibility index (Phi) is 6.26. The van der Waals surface area contributed by atoms with E-state index in [4.69, 9.17) is 11.6 Å². The number of carbonyl (C=O) groups excluding carboxylic acids is 2. The Bertz CT molecular complexity index is 767. The Morgan fingerprint density at radius 3 is 2.58 bits per heavy atom. The topological polar surface area (TPSA) is 61.4 Å². The summed E-state index contributed by atoms with van der Waals surface area (Å²) in [4.78, 5) is 26.3. The van der Waals surface area contributed by atoms with Crippen LogP contribution in [0, 0.1) is 0 Å². The number of halogens is 1. The fourth-order valence-electron chi connectivity index (χ4n) is 3.29. The van der Waals surface area contributed by atoms with Gasteiger partial charge in [-0.3, -0.25) is 15.0 Å². The third-order valence-electron chi connectivity index (χ3n) is 4.54. The lowest BCUT2D eigenvalue weighted by molar-refractivity contribution is -0.121. The Morgan fingerprint density at radius 2 is 1.81 bits per heavy atom. The lowest BCUT2D eigenvalue weighted by atomic mass is 10.0. The van der Waals surface area contributed by atoms with Crippen LogP contribution in [-0.4, -0.2) is 36.0 Å². The number of hydrogen-bond acceptors (Lipinski definition) is 3. The van der Waals surface area contributed by atoms with Crippen LogP contribution in [0.1, 0.15) is 18.4 Å². The maximum absolute atomic E-state index is 12.2. The number of amides is 3. The summed E-state index contributed by atoms with van der Waals surface area (Å²) in [5.41, 5.74) is 1.74. The summed E-state index contributed by atoms with van der Waals surface area (Å²) in [6.45, 7) is 1.06. The zero-order valence-electron chi connectivity index (χ0n) is 14.5. The fourth-order valence-corrected chi connectivity index (χ4v) is 3.50. The highest BCUT2D eigenvalue weighted by Crippen LogP contribution is 2.24. The number of nitrogens with zero attached hydrogens (tertiary/aromatic N) is 1. The molecule has 0 bridgehead atoms.